The lowest BCUT2D eigenvalue weighted by Crippen LogP contribution is -2.38. The lowest BCUT2D eigenvalue weighted by atomic mass is 10.1. The van der Waals surface area contributed by atoms with Gasteiger partial charge in [0.2, 0.25) is 0 Å². The minimum absolute atomic E-state index is 0.0233. The van der Waals surface area contributed by atoms with Crippen LogP contribution in [0.2, 0.25) is 5.02 Å². The van der Waals surface area contributed by atoms with Crippen LogP contribution in [0.1, 0.15) is 24.2 Å². The molecule has 1 amide bonds. The molecule has 0 saturated heterocycles. The maximum Gasteiger partial charge on any atom is 0.255 e. The van der Waals surface area contributed by atoms with Crippen LogP contribution in [0.3, 0.4) is 0 Å². The lowest BCUT2D eigenvalue weighted by molar-refractivity contribution is 0.0755. The van der Waals surface area contributed by atoms with Crippen molar-refractivity contribution in [2.45, 2.75) is 13.8 Å². The van der Waals surface area contributed by atoms with E-state index in [4.69, 9.17) is 29.6 Å². The Kier molecular flexibility index (Phi) is 6.23. The minimum atomic E-state index is -0.114. The normalized spacial score (nSPS) is 12.0. The van der Waals surface area contributed by atoms with Gasteiger partial charge in [-0.3, -0.25) is 4.79 Å². The first-order chi connectivity index (χ1) is 8.88. The average molecular weight is 364 g/mol. The van der Waals surface area contributed by atoms with E-state index in [0.29, 0.717) is 33.1 Å². The van der Waals surface area contributed by atoms with E-state index in [1.54, 1.807) is 23.1 Å². The number of hydrogen-bond donors (Lipinski definition) is 1. The predicted molar refractivity (Wildman–Crippen MR) is 86.7 cm³/mol. The summed E-state index contributed by atoms with van der Waals surface area (Å²) < 4.78 is 0.707. The first-order valence-electron chi connectivity index (χ1n) is 5.91. The van der Waals surface area contributed by atoms with Gasteiger partial charge in [-0.15, -0.1) is 0 Å². The zero-order valence-electron chi connectivity index (χ0n) is 10.8. The highest BCUT2D eigenvalue weighted by atomic mass is 79.9. The summed E-state index contributed by atoms with van der Waals surface area (Å²) in [5.41, 5.74) is 6.07. The fourth-order valence-electron chi connectivity index (χ4n) is 1.62. The molecule has 3 nitrogen and oxygen atoms in total. The number of benzene rings is 1. The SMILES string of the molecule is CCN(CC(C)C(N)=S)C(=O)c1cccc(Br)c1Cl. The summed E-state index contributed by atoms with van der Waals surface area (Å²) >= 11 is 14.4. The van der Waals surface area contributed by atoms with Crippen LogP contribution in [-0.4, -0.2) is 28.9 Å². The van der Waals surface area contributed by atoms with Crippen LogP contribution in [0.15, 0.2) is 22.7 Å². The first kappa shape index (κ1) is 16.4. The molecule has 1 unspecified atom stereocenters. The number of carbonyl (C=O) groups is 1. The summed E-state index contributed by atoms with van der Waals surface area (Å²) in [6, 6.07) is 5.30. The van der Waals surface area contributed by atoms with Crippen LogP contribution in [0.4, 0.5) is 0 Å². The highest BCUT2D eigenvalue weighted by Gasteiger charge is 2.20. The van der Waals surface area contributed by atoms with Crippen molar-refractivity contribution in [1.29, 1.82) is 0 Å². The number of amides is 1. The molecule has 19 heavy (non-hydrogen) atoms. The predicted octanol–water partition coefficient (Wildman–Crippen LogP) is 3.49. The monoisotopic (exact) mass is 362 g/mol. The van der Waals surface area contributed by atoms with Gasteiger partial charge >= 0.3 is 0 Å². The molecule has 0 bridgehead atoms. The lowest BCUT2D eigenvalue weighted by Gasteiger charge is -2.24. The first-order valence-corrected chi connectivity index (χ1v) is 7.49. The molecule has 6 heteroatoms. The molecule has 104 valence electrons. The number of nitrogens with zero attached hydrogens (tertiary/aromatic N) is 1. The number of hydrogen-bond acceptors (Lipinski definition) is 2. The number of rotatable bonds is 5. The van der Waals surface area contributed by atoms with Gasteiger partial charge in [0.1, 0.15) is 0 Å². The van der Waals surface area contributed by atoms with Crippen molar-refractivity contribution in [1.82, 2.24) is 4.90 Å². The Bertz CT molecular complexity index is 496. The van der Waals surface area contributed by atoms with Gasteiger partial charge < -0.3 is 10.6 Å². The zero-order valence-corrected chi connectivity index (χ0v) is 14.0. The third-order valence-electron chi connectivity index (χ3n) is 2.83. The van der Waals surface area contributed by atoms with Crippen molar-refractivity contribution >= 4 is 50.6 Å². The maximum absolute atomic E-state index is 12.4. The van der Waals surface area contributed by atoms with Gasteiger partial charge in [0.05, 0.1) is 15.6 Å². The Morgan fingerprint density at radius 2 is 2.21 bits per heavy atom. The average Bonchev–Trinajstić information content (AvgIpc) is 2.38. The van der Waals surface area contributed by atoms with Crippen LogP contribution in [-0.2, 0) is 0 Å². The van der Waals surface area contributed by atoms with E-state index in [-0.39, 0.29) is 11.8 Å². The fourth-order valence-corrected chi connectivity index (χ4v) is 2.26. The maximum atomic E-state index is 12.4. The van der Waals surface area contributed by atoms with Gasteiger partial charge in [-0.2, -0.15) is 0 Å². The van der Waals surface area contributed by atoms with Crippen LogP contribution in [0, 0.1) is 5.92 Å². The van der Waals surface area contributed by atoms with E-state index in [0.717, 1.165) is 0 Å². The molecule has 1 atom stereocenters. The van der Waals surface area contributed by atoms with E-state index in [9.17, 15) is 4.79 Å². The molecule has 0 heterocycles. The van der Waals surface area contributed by atoms with E-state index in [1.807, 2.05) is 13.8 Å². The number of thiocarbonyl (C=S) groups is 1. The molecule has 1 aromatic rings. The van der Waals surface area contributed by atoms with Crippen LogP contribution < -0.4 is 5.73 Å². The van der Waals surface area contributed by atoms with Gasteiger partial charge in [0, 0.05) is 23.5 Å². The standard InChI is InChI=1S/C13H16BrClN2OS/c1-3-17(7-8(2)12(16)19)13(18)9-5-4-6-10(14)11(9)15/h4-6,8H,3,7H2,1-2H3,(H2,16,19). The summed E-state index contributed by atoms with van der Waals surface area (Å²) in [6.07, 6.45) is 0. The molecule has 1 aromatic carbocycles. The van der Waals surface area contributed by atoms with E-state index >= 15 is 0 Å². The quantitative estimate of drug-likeness (QED) is 0.815. The zero-order chi connectivity index (χ0) is 14.6. The highest BCUT2D eigenvalue weighted by Crippen LogP contribution is 2.27. The van der Waals surface area contributed by atoms with E-state index < -0.39 is 0 Å². The van der Waals surface area contributed by atoms with Crippen LogP contribution >= 0.6 is 39.7 Å². The summed E-state index contributed by atoms with van der Waals surface area (Å²) in [6.45, 7) is 4.89. The van der Waals surface area contributed by atoms with Crippen molar-refractivity contribution in [2.24, 2.45) is 11.7 Å². The van der Waals surface area contributed by atoms with Gasteiger partial charge in [-0.1, -0.05) is 36.8 Å². The molecule has 2 N–H and O–H groups in total. The third-order valence-corrected chi connectivity index (χ3v) is 4.53. The molecule has 0 aliphatic heterocycles. The van der Waals surface area contributed by atoms with Gasteiger partial charge in [0.15, 0.2) is 0 Å². The topological polar surface area (TPSA) is 46.3 Å². The van der Waals surface area contributed by atoms with Gasteiger partial charge in [-0.25, -0.2) is 0 Å². The Morgan fingerprint density at radius 3 is 2.74 bits per heavy atom. The molecule has 0 aliphatic carbocycles. The van der Waals surface area contributed by atoms with Crippen molar-refractivity contribution in [3.63, 3.8) is 0 Å². The van der Waals surface area contributed by atoms with E-state index in [2.05, 4.69) is 15.9 Å². The minimum Gasteiger partial charge on any atom is -0.393 e. The Balaban J connectivity index is 2.96. The third kappa shape index (κ3) is 4.16. The molecule has 0 spiro atoms. The Hall–Kier alpha value is -0.650. The Labute approximate surface area is 132 Å². The highest BCUT2D eigenvalue weighted by molar-refractivity contribution is 9.10. The van der Waals surface area contributed by atoms with Gasteiger partial charge in [0.25, 0.3) is 5.91 Å². The number of carbonyl (C=O) groups excluding carboxylic acids is 1. The summed E-state index contributed by atoms with van der Waals surface area (Å²) in [5.74, 6) is -0.137. The summed E-state index contributed by atoms with van der Waals surface area (Å²) in [7, 11) is 0. The molecule has 0 fully saturated rings. The number of nitrogens with two attached hydrogens (primary N) is 1. The molecule has 0 saturated carbocycles. The van der Waals surface area contributed by atoms with Crippen molar-refractivity contribution in [2.75, 3.05) is 13.1 Å². The molecular formula is C13H16BrClN2OS. The summed E-state index contributed by atoms with van der Waals surface area (Å²) in [5, 5.41) is 0.425. The second kappa shape index (κ2) is 7.22. The van der Waals surface area contributed by atoms with Gasteiger partial charge in [-0.05, 0) is 35.0 Å². The molecule has 1 rings (SSSR count). The van der Waals surface area contributed by atoms with Crippen LogP contribution in [0.5, 0.6) is 0 Å². The second-order valence-electron chi connectivity index (χ2n) is 4.25. The molecule has 0 aromatic heterocycles. The van der Waals surface area contributed by atoms with E-state index in [1.165, 1.54) is 0 Å². The number of halogens is 2. The Morgan fingerprint density at radius 1 is 1.58 bits per heavy atom. The molecule has 0 aliphatic rings. The van der Waals surface area contributed by atoms with Crippen LogP contribution in [0.25, 0.3) is 0 Å². The molecule has 0 radical (unpaired) electrons. The van der Waals surface area contributed by atoms with Crippen molar-refractivity contribution in [3.8, 4) is 0 Å². The van der Waals surface area contributed by atoms with Crippen molar-refractivity contribution in [3.05, 3.63) is 33.3 Å². The fraction of sp³-hybridized carbons (Fsp3) is 0.385. The largest absolute Gasteiger partial charge is 0.393 e. The summed E-state index contributed by atoms with van der Waals surface area (Å²) in [4.78, 5) is 14.5. The second-order valence-corrected chi connectivity index (χ2v) is 5.95. The van der Waals surface area contributed by atoms with Crippen molar-refractivity contribution < 1.29 is 4.79 Å². The molecular weight excluding hydrogens is 348 g/mol. The smallest absolute Gasteiger partial charge is 0.255 e.